The van der Waals surface area contributed by atoms with Gasteiger partial charge in [0.1, 0.15) is 5.75 Å². The van der Waals surface area contributed by atoms with E-state index >= 15 is 0 Å². The molecular weight excluding hydrogens is 340 g/mol. The van der Waals surface area contributed by atoms with Crippen molar-refractivity contribution in [3.63, 3.8) is 0 Å². The zero-order valence-electron chi connectivity index (χ0n) is 14.9. The molecule has 2 N–H and O–H groups in total. The monoisotopic (exact) mass is 360 g/mol. The second-order valence-electron chi connectivity index (χ2n) is 5.91. The fourth-order valence-electron chi connectivity index (χ4n) is 2.80. The number of ether oxygens (including phenoxy) is 1. The van der Waals surface area contributed by atoms with Gasteiger partial charge in [0.2, 0.25) is 5.91 Å². The van der Waals surface area contributed by atoms with Crippen LogP contribution in [0.25, 0.3) is 0 Å². The number of nitrogens with one attached hydrogen (secondary N) is 2. The summed E-state index contributed by atoms with van der Waals surface area (Å²) in [5, 5.41) is 5.31. The molecule has 0 heterocycles. The number of carbonyl (C=O) groups excluding carboxylic acids is 2. The van der Waals surface area contributed by atoms with Crippen molar-refractivity contribution < 1.29 is 14.3 Å². The maximum Gasteiger partial charge on any atom is 0.412 e. The highest BCUT2D eigenvalue weighted by molar-refractivity contribution is 5.98. The SMILES string of the molecule is CNC(=O)Oc1cccc(NC(=O)C(c2ccccc2)c2ccccc2)c1. The van der Waals surface area contributed by atoms with Gasteiger partial charge < -0.3 is 15.4 Å². The summed E-state index contributed by atoms with van der Waals surface area (Å²) >= 11 is 0. The number of carbonyl (C=O) groups is 2. The third kappa shape index (κ3) is 4.73. The minimum atomic E-state index is -0.565. The Morgan fingerprint density at radius 2 is 1.41 bits per heavy atom. The first kappa shape index (κ1) is 18.2. The van der Waals surface area contributed by atoms with Crippen molar-refractivity contribution in [1.82, 2.24) is 5.32 Å². The summed E-state index contributed by atoms with van der Waals surface area (Å²) in [6.45, 7) is 0. The van der Waals surface area contributed by atoms with Gasteiger partial charge >= 0.3 is 6.09 Å². The first-order valence-corrected chi connectivity index (χ1v) is 8.58. The standard InChI is InChI=1S/C22H20N2O3/c1-23-22(26)27-19-14-8-13-18(15-19)24-21(25)20(16-9-4-2-5-10-16)17-11-6-3-7-12-17/h2-15,20H,1H3,(H,23,26)(H,24,25). The summed E-state index contributed by atoms with van der Waals surface area (Å²) < 4.78 is 5.11. The molecule has 5 nitrogen and oxygen atoms in total. The van der Waals surface area contributed by atoms with E-state index in [1.807, 2.05) is 60.7 Å². The lowest BCUT2D eigenvalue weighted by Crippen LogP contribution is -2.23. The van der Waals surface area contributed by atoms with E-state index < -0.39 is 12.0 Å². The molecule has 0 bridgehead atoms. The van der Waals surface area contributed by atoms with Crippen molar-refractivity contribution in [1.29, 1.82) is 0 Å². The molecule has 3 aromatic carbocycles. The minimum Gasteiger partial charge on any atom is -0.410 e. The molecule has 136 valence electrons. The summed E-state index contributed by atoms with van der Waals surface area (Å²) in [5.41, 5.74) is 2.36. The molecular formula is C22H20N2O3. The molecule has 0 atom stereocenters. The summed E-state index contributed by atoms with van der Waals surface area (Å²) in [4.78, 5) is 24.4. The van der Waals surface area contributed by atoms with Crippen molar-refractivity contribution in [2.24, 2.45) is 0 Å². The molecule has 0 saturated heterocycles. The van der Waals surface area contributed by atoms with Crippen LogP contribution in [0, 0.1) is 0 Å². The molecule has 0 aromatic heterocycles. The van der Waals surface area contributed by atoms with Gasteiger partial charge in [0, 0.05) is 18.8 Å². The van der Waals surface area contributed by atoms with Crippen LogP contribution in [0.5, 0.6) is 5.75 Å². The highest BCUT2D eigenvalue weighted by atomic mass is 16.5. The summed E-state index contributed by atoms with van der Waals surface area (Å²) in [6, 6.07) is 26.0. The molecule has 2 amide bonds. The van der Waals surface area contributed by atoms with Crippen molar-refractivity contribution in [2.45, 2.75) is 5.92 Å². The third-order valence-corrected chi connectivity index (χ3v) is 4.04. The number of benzene rings is 3. The normalized spacial score (nSPS) is 10.3. The largest absolute Gasteiger partial charge is 0.412 e. The maximum absolute atomic E-state index is 13.1. The topological polar surface area (TPSA) is 67.4 Å². The third-order valence-electron chi connectivity index (χ3n) is 4.04. The van der Waals surface area contributed by atoms with Gasteiger partial charge in [-0.3, -0.25) is 4.79 Å². The lowest BCUT2D eigenvalue weighted by atomic mass is 9.90. The van der Waals surface area contributed by atoms with Crippen molar-refractivity contribution in [2.75, 3.05) is 12.4 Å². The van der Waals surface area contributed by atoms with Gasteiger partial charge in [-0.1, -0.05) is 66.7 Å². The van der Waals surface area contributed by atoms with Crippen LogP contribution < -0.4 is 15.4 Å². The molecule has 0 saturated carbocycles. The second-order valence-corrected chi connectivity index (χ2v) is 5.91. The Bertz CT molecular complexity index is 872. The molecule has 0 radical (unpaired) electrons. The molecule has 5 heteroatoms. The predicted octanol–water partition coefficient (Wildman–Crippen LogP) is 4.18. The van der Waals surface area contributed by atoms with E-state index in [2.05, 4.69) is 10.6 Å². The molecule has 0 unspecified atom stereocenters. The van der Waals surface area contributed by atoms with Gasteiger partial charge in [-0.2, -0.15) is 0 Å². The summed E-state index contributed by atoms with van der Waals surface area (Å²) in [7, 11) is 1.48. The Morgan fingerprint density at radius 3 is 1.96 bits per heavy atom. The van der Waals surface area contributed by atoms with Crippen LogP contribution in [-0.2, 0) is 4.79 Å². The number of hydrogen-bond donors (Lipinski definition) is 2. The van der Waals surface area contributed by atoms with Gasteiger partial charge in [-0.15, -0.1) is 0 Å². The highest BCUT2D eigenvalue weighted by Crippen LogP contribution is 2.27. The van der Waals surface area contributed by atoms with Crippen LogP contribution in [0.15, 0.2) is 84.9 Å². The van der Waals surface area contributed by atoms with E-state index in [0.29, 0.717) is 11.4 Å². The number of amides is 2. The molecule has 27 heavy (non-hydrogen) atoms. The van der Waals surface area contributed by atoms with Gasteiger partial charge in [0.05, 0.1) is 5.92 Å². The second kappa shape index (κ2) is 8.67. The fourth-order valence-corrected chi connectivity index (χ4v) is 2.80. The summed E-state index contributed by atoms with van der Waals surface area (Å²) in [5.74, 6) is -0.261. The Balaban J connectivity index is 1.85. The average molecular weight is 360 g/mol. The van der Waals surface area contributed by atoms with E-state index in [4.69, 9.17) is 4.74 Å². The predicted molar refractivity (Wildman–Crippen MR) is 105 cm³/mol. The van der Waals surface area contributed by atoms with E-state index in [1.54, 1.807) is 24.3 Å². The van der Waals surface area contributed by atoms with Crippen LogP contribution in [-0.4, -0.2) is 19.0 Å². The Kier molecular flexibility index (Phi) is 5.84. The molecule has 0 spiro atoms. The molecule has 0 aliphatic rings. The Labute approximate surface area is 158 Å². The average Bonchev–Trinajstić information content (AvgIpc) is 2.70. The maximum atomic E-state index is 13.1. The van der Waals surface area contributed by atoms with Gasteiger partial charge in [-0.05, 0) is 23.3 Å². The fraction of sp³-hybridized carbons (Fsp3) is 0.0909. The molecule has 3 aromatic rings. The van der Waals surface area contributed by atoms with Gasteiger partial charge in [-0.25, -0.2) is 4.79 Å². The lowest BCUT2D eigenvalue weighted by molar-refractivity contribution is -0.116. The zero-order valence-corrected chi connectivity index (χ0v) is 14.9. The van der Waals surface area contributed by atoms with Crippen molar-refractivity contribution in [3.05, 3.63) is 96.1 Å². The van der Waals surface area contributed by atoms with E-state index in [-0.39, 0.29) is 5.91 Å². The quantitative estimate of drug-likeness (QED) is 0.717. The van der Waals surface area contributed by atoms with Crippen LogP contribution in [0.3, 0.4) is 0 Å². The molecule has 0 aliphatic carbocycles. The van der Waals surface area contributed by atoms with Crippen molar-refractivity contribution >= 4 is 17.7 Å². The Hall–Kier alpha value is -3.60. The van der Waals surface area contributed by atoms with E-state index in [0.717, 1.165) is 11.1 Å². The molecule has 0 fully saturated rings. The number of rotatable bonds is 5. The van der Waals surface area contributed by atoms with Crippen LogP contribution in [0.2, 0.25) is 0 Å². The first-order chi connectivity index (χ1) is 13.2. The Morgan fingerprint density at radius 1 is 0.815 bits per heavy atom. The highest BCUT2D eigenvalue weighted by Gasteiger charge is 2.22. The number of hydrogen-bond acceptors (Lipinski definition) is 3. The number of anilines is 1. The molecule has 3 rings (SSSR count). The minimum absolute atomic E-state index is 0.163. The van der Waals surface area contributed by atoms with E-state index in [1.165, 1.54) is 7.05 Å². The van der Waals surface area contributed by atoms with Crippen LogP contribution in [0.4, 0.5) is 10.5 Å². The lowest BCUT2D eigenvalue weighted by Gasteiger charge is -2.18. The van der Waals surface area contributed by atoms with Crippen LogP contribution in [0.1, 0.15) is 17.0 Å². The molecule has 0 aliphatic heterocycles. The smallest absolute Gasteiger partial charge is 0.410 e. The first-order valence-electron chi connectivity index (χ1n) is 8.58. The van der Waals surface area contributed by atoms with Crippen molar-refractivity contribution in [3.8, 4) is 5.75 Å². The zero-order chi connectivity index (χ0) is 19.1. The van der Waals surface area contributed by atoms with Gasteiger partial charge in [0.15, 0.2) is 0 Å². The van der Waals surface area contributed by atoms with Gasteiger partial charge in [0.25, 0.3) is 0 Å². The van der Waals surface area contributed by atoms with Crippen LogP contribution >= 0.6 is 0 Å². The van der Waals surface area contributed by atoms with E-state index in [9.17, 15) is 9.59 Å². The summed E-state index contributed by atoms with van der Waals surface area (Å²) in [6.07, 6.45) is -0.565.